The number of aryl methyl sites for hydroxylation is 1. The molecule has 0 amide bonds. The van der Waals surface area contributed by atoms with Crippen LogP contribution in [0.1, 0.15) is 23.1 Å². The van der Waals surface area contributed by atoms with E-state index in [9.17, 15) is 9.59 Å². The van der Waals surface area contributed by atoms with Gasteiger partial charge in [0, 0.05) is 23.2 Å². The van der Waals surface area contributed by atoms with E-state index in [1.165, 1.54) is 6.07 Å². The number of imidazole rings is 1. The van der Waals surface area contributed by atoms with Gasteiger partial charge in [0.25, 0.3) is 0 Å². The second kappa shape index (κ2) is 9.38. The minimum Gasteiger partial charge on any atom is -0.486 e. The third kappa shape index (κ3) is 4.44. The third-order valence-corrected chi connectivity index (χ3v) is 6.11. The lowest BCUT2D eigenvalue weighted by molar-refractivity contribution is 0.0527. The monoisotopic (exact) mass is 532 g/mol. The Morgan fingerprint density at radius 1 is 1.09 bits per heavy atom. The maximum absolute atomic E-state index is 12.9. The molecule has 8 heteroatoms. The summed E-state index contributed by atoms with van der Waals surface area (Å²) in [6.07, 6.45) is 0. The number of esters is 1. The molecule has 0 saturated carbocycles. The summed E-state index contributed by atoms with van der Waals surface area (Å²) in [5.41, 5.74) is 2.68. The smallest absolute Gasteiger partial charge is 0.341 e. The quantitative estimate of drug-likeness (QED) is 0.254. The van der Waals surface area contributed by atoms with Gasteiger partial charge in [-0.2, -0.15) is 0 Å². The molecule has 2 heterocycles. The molecule has 0 fully saturated rings. The predicted octanol–water partition coefficient (Wildman–Crippen LogP) is 5.86. The molecule has 7 nitrogen and oxygen atoms in total. The minimum atomic E-state index is -0.557. The third-order valence-electron chi connectivity index (χ3n) is 5.65. The summed E-state index contributed by atoms with van der Waals surface area (Å²) < 4.78 is 19.8. The molecule has 0 spiro atoms. The summed E-state index contributed by atoms with van der Waals surface area (Å²) in [5, 5.41) is 0.292. The molecule has 35 heavy (non-hydrogen) atoms. The van der Waals surface area contributed by atoms with E-state index in [-0.39, 0.29) is 29.8 Å². The summed E-state index contributed by atoms with van der Waals surface area (Å²) in [4.78, 5) is 30.0. The molecule has 3 aromatic carbocycles. The molecule has 0 N–H and O–H groups in total. The normalized spacial score (nSPS) is 11.2. The second-order valence-corrected chi connectivity index (χ2v) is 8.83. The van der Waals surface area contributed by atoms with Crippen molar-refractivity contribution >= 4 is 43.9 Å². The van der Waals surface area contributed by atoms with Crippen LogP contribution in [-0.2, 0) is 18.4 Å². The van der Waals surface area contributed by atoms with Crippen LogP contribution in [0.3, 0.4) is 0 Å². The number of ether oxygens (including phenoxy) is 2. The van der Waals surface area contributed by atoms with Crippen molar-refractivity contribution in [2.75, 3.05) is 6.61 Å². The number of carbonyl (C=O) groups is 1. The SMILES string of the molecule is CCOC(=O)c1cc(Br)cc2c(=O)cc(-c3cccc(OCc4nc5ccccc5n4C)c3)oc12. The van der Waals surface area contributed by atoms with Gasteiger partial charge in [-0.15, -0.1) is 0 Å². The number of nitrogens with zero attached hydrogens (tertiary/aromatic N) is 2. The Kier molecular flexibility index (Phi) is 6.13. The fourth-order valence-electron chi connectivity index (χ4n) is 3.94. The van der Waals surface area contributed by atoms with Crippen LogP contribution < -0.4 is 10.2 Å². The zero-order valence-corrected chi connectivity index (χ0v) is 20.7. The number of carbonyl (C=O) groups excluding carboxylic acids is 1. The zero-order valence-electron chi connectivity index (χ0n) is 19.1. The Morgan fingerprint density at radius 3 is 2.71 bits per heavy atom. The number of hydrogen-bond donors (Lipinski definition) is 0. The van der Waals surface area contributed by atoms with Crippen LogP contribution in [0, 0.1) is 0 Å². The maximum Gasteiger partial charge on any atom is 0.341 e. The Labute approximate surface area is 209 Å². The first kappa shape index (κ1) is 22.9. The van der Waals surface area contributed by atoms with E-state index < -0.39 is 5.97 Å². The van der Waals surface area contributed by atoms with E-state index in [4.69, 9.17) is 13.9 Å². The Morgan fingerprint density at radius 2 is 1.91 bits per heavy atom. The van der Waals surface area contributed by atoms with Gasteiger partial charge in [-0.1, -0.05) is 40.2 Å². The van der Waals surface area contributed by atoms with Crippen molar-refractivity contribution < 1.29 is 18.7 Å². The fraction of sp³-hybridized carbons (Fsp3) is 0.148. The molecule has 5 rings (SSSR count). The highest BCUT2D eigenvalue weighted by Crippen LogP contribution is 2.29. The van der Waals surface area contributed by atoms with Crippen molar-refractivity contribution in [2.45, 2.75) is 13.5 Å². The second-order valence-electron chi connectivity index (χ2n) is 7.92. The van der Waals surface area contributed by atoms with Crippen LogP contribution in [0.25, 0.3) is 33.3 Å². The highest BCUT2D eigenvalue weighted by molar-refractivity contribution is 9.10. The van der Waals surface area contributed by atoms with Crippen molar-refractivity contribution in [3.63, 3.8) is 0 Å². The molecule has 0 aliphatic rings. The van der Waals surface area contributed by atoms with Crippen LogP contribution in [0.15, 0.2) is 80.4 Å². The minimum absolute atomic E-state index is 0.181. The summed E-state index contributed by atoms with van der Waals surface area (Å²) in [5.74, 6) is 1.15. The van der Waals surface area contributed by atoms with Gasteiger partial charge >= 0.3 is 5.97 Å². The van der Waals surface area contributed by atoms with E-state index in [1.807, 2.05) is 54.1 Å². The van der Waals surface area contributed by atoms with Crippen LogP contribution in [0.2, 0.25) is 0 Å². The van der Waals surface area contributed by atoms with Gasteiger partial charge in [-0.3, -0.25) is 4.79 Å². The van der Waals surface area contributed by atoms with Crippen LogP contribution in [-0.4, -0.2) is 22.1 Å². The highest BCUT2D eigenvalue weighted by atomic mass is 79.9. The molecule has 2 aromatic heterocycles. The van der Waals surface area contributed by atoms with Crippen LogP contribution in [0.4, 0.5) is 0 Å². The fourth-order valence-corrected chi connectivity index (χ4v) is 4.39. The van der Waals surface area contributed by atoms with Gasteiger partial charge in [0.15, 0.2) is 11.0 Å². The van der Waals surface area contributed by atoms with Gasteiger partial charge in [-0.25, -0.2) is 9.78 Å². The van der Waals surface area contributed by atoms with Crippen molar-refractivity contribution in [1.82, 2.24) is 9.55 Å². The van der Waals surface area contributed by atoms with E-state index >= 15 is 0 Å². The topological polar surface area (TPSA) is 83.6 Å². The van der Waals surface area contributed by atoms with Gasteiger partial charge in [0.05, 0.1) is 23.0 Å². The lowest BCUT2D eigenvalue weighted by Gasteiger charge is -2.10. The summed E-state index contributed by atoms with van der Waals surface area (Å²) in [7, 11) is 1.95. The summed E-state index contributed by atoms with van der Waals surface area (Å²) in [6.45, 7) is 2.21. The molecule has 176 valence electrons. The largest absolute Gasteiger partial charge is 0.486 e. The van der Waals surface area contributed by atoms with E-state index in [0.29, 0.717) is 26.9 Å². The zero-order chi connectivity index (χ0) is 24.5. The average molecular weight is 533 g/mol. The van der Waals surface area contributed by atoms with Gasteiger partial charge in [0.2, 0.25) is 0 Å². The summed E-state index contributed by atoms with van der Waals surface area (Å²) >= 11 is 3.35. The number of aromatic nitrogens is 2. The molecule has 0 bridgehead atoms. The van der Waals surface area contributed by atoms with E-state index in [2.05, 4.69) is 20.9 Å². The molecule has 0 atom stereocenters. The van der Waals surface area contributed by atoms with Crippen molar-refractivity contribution in [3.8, 4) is 17.1 Å². The number of benzene rings is 3. The van der Waals surface area contributed by atoms with Crippen molar-refractivity contribution in [2.24, 2.45) is 7.05 Å². The molecule has 0 aliphatic carbocycles. The molecule has 0 radical (unpaired) electrons. The van der Waals surface area contributed by atoms with Gasteiger partial charge in [0.1, 0.15) is 29.5 Å². The van der Waals surface area contributed by atoms with Crippen molar-refractivity contribution in [1.29, 1.82) is 0 Å². The van der Waals surface area contributed by atoms with Crippen molar-refractivity contribution in [3.05, 3.63) is 92.8 Å². The van der Waals surface area contributed by atoms with Gasteiger partial charge in [-0.05, 0) is 43.3 Å². The first-order valence-corrected chi connectivity index (χ1v) is 11.8. The highest BCUT2D eigenvalue weighted by Gasteiger charge is 2.18. The molecule has 5 aromatic rings. The molecule has 0 saturated heterocycles. The maximum atomic E-state index is 12.9. The first-order valence-electron chi connectivity index (χ1n) is 11.0. The number of halogens is 1. The Bertz CT molecular complexity index is 1640. The van der Waals surface area contributed by atoms with Gasteiger partial charge < -0.3 is 18.5 Å². The Balaban J connectivity index is 1.49. The van der Waals surface area contributed by atoms with E-state index in [1.54, 1.807) is 25.1 Å². The first-order chi connectivity index (χ1) is 16.9. The number of para-hydroxylation sites is 2. The average Bonchev–Trinajstić information content (AvgIpc) is 3.18. The number of hydrogen-bond acceptors (Lipinski definition) is 6. The van der Waals surface area contributed by atoms with E-state index in [0.717, 1.165) is 16.9 Å². The molecule has 0 unspecified atom stereocenters. The molecular formula is C27H21BrN2O5. The Hall–Kier alpha value is -3.91. The lowest BCUT2D eigenvalue weighted by atomic mass is 10.1. The number of rotatable bonds is 6. The lowest BCUT2D eigenvalue weighted by Crippen LogP contribution is -2.09. The molecule has 0 aliphatic heterocycles. The summed E-state index contributed by atoms with van der Waals surface area (Å²) in [6, 6.07) is 19.8. The molecular weight excluding hydrogens is 512 g/mol. The van der Waals surface area contributed by atoms with Crippen LogP contribution in [0.5, 0.6) is 5.75 Å². The number of fused-ring (bicyclic) bond motifs is 2. The van der Waals surface area contributed by atoms with Crippen LogP contribution >= 0.6 is 15.9 Å². The predicted molar refractivity (Wildman–Crippen MR) is 137 cm³/mol. The standard InChI is InChI=1S/C27H21BrN2O5/c1-3-33-27(32)20-13-17(28)12-19-23(31)14-24(35-26(19)20)16-7-6-8-18(11-16)34-15-25-29-21-9-4-5-10-22(21)30(25)2/h4-14H,3,15H2,1-2H3.